The van der Waals surface area contributed by atoms with Gasteiger partial charge in [0.05, 0.1) is 4.92 Å². The summed E-state index contributed by atoms with van der Waals surface area (Å²) in [5.41, 5.74) is 0.365. The summed E-state index contributed by atoms with van der Waals surface area (Å²) < 4.78 is 0. The maximum atomic E-state index is 10.4. The van der Waals surface area contributed by atoms with Crippen molar-refractivity contribution in [1.82, 2.24) is 0 Å². The van der Waals surface area contributed by atoms with Gasteiger partial charge < -0.3 is 5.11 Å². The lowest BCUT2D eigenvalue weighted by atomic mass is 10.2. The minimum absolute atomic E-state index is 0.0972. The molecule has 1 N–H and O–H groups in total. The van der Waals surface area contributed by atoms with Crippen molar-refractivity contribution in [2.75, 3.05) is 0 Å². The third kappa shape index (κ3) is 1.71. The zero-order chi connectivity index (χ0) is 9.14. The highest BCUT2D eigenvalue weighted by atomic mass is 16.6. The number of rotatable bonds is 1. The summed E-state index contributed by atoms with van der Waals surface area (Å²) in [6.45, 7) is 1.58. The number of aliphatic hydroxyl groups is 1. The monoisotopic (exact) mass is 165 g/mol. The van der Waals surface area contributed by atoms with Crippen molar-refractivity contribution in [1.29, 1.82) is 0 Å². The fraction of sp³-hybridized carbons (Fsp3) is 0.250. The van der Waals surface area contributed by atoms with Crippen molar-refractivity contribution in [2.24, 2.45) is 0 Å². The van der Waals surface area contributed by atoms with Gasteiger partial charge in [-0.25, -0.2) is 0 Å². The molecule has 4 nitrogen and oxygen atoms in total. The molecule has 1 atom stereocenters. The number of allylic oxidation sites excluding steroid dienone is 2. The molecule has 1 aliphatic rings. The van der Waals surface area contributed by atoms with Gasteiger partial charge in [0.2, 0.25) is 0 Å². The van der Waals surface area contributed by atoms with Crippen molar-refractivity contribution in [2.45, 2.75) is 13.0 Å². The molecule has 1 unspecified atom stereocenters. The first-order valence-corrected chi connectivity index (χ1v) is 3.33. The summed E-state index contributed by atoms with van der Waals surface area (Å²) in [5, 5.41) is 19.4. The van der Waals surface area contributed by atoms with Crippen LogP contribution in [0.4, 0.5) is 0 Å². The van der Waals surface area contributed by atoms with Gasteiger partial charge in [0.25, 0.3) is 5.70 Å². The maximum absolute atomic E-state index is 10.4. The predicted molar refractivity (Wildman–Crippen MR) is 42.6 cm³/mol. The Labute approximate surface area is 69.4 Å². The molecule has 4 heteroatoms. The van der Waals surface area contributed by atoms with Crippen LogP contribution in [0.15, 0.2) is 23.4 Å². The third-order valence-electron chi connectivity index (χ3n) is 1.44. The molecule has 1 rings (SSSR count). The van der Waals surface area contributed by atoms with Crippen molar-refractivity contribution < 1.29 is 10.0 Å². The summed E-state index contributed by atoms with van der Waals surface area (Å²) in [7, 11) is 0. The Balaban J connectivity index is 3.07. The Kier molecular flexibility index (Phi) is 2.26. The van der Waals surface area contributed by atoms with E-state index < -0.39 is 11.0 Å². The lowest BCUT2D eigenvalue weighted by Gasteiger charge is -1.96. The molecule has 0 amide bonds. The second kappa shape index (κ2) is 3.20. The van der Waals surface area contributed by atoms with Gasteiger partial charge in [0, 0.05) is 11.6 Å². The van der Waals surface area contributed by atoms with Crippen LogP contribution in [-0.2, 0) is 0 Å². The average Bonchev–Trinajstić information content (AvgIpc) is 2.13. The van der Waals surface area contributed by atoms with Crippen molar-refractivity contribution in [3.05, 3.63) is 33.5 Å². The van der Waals surface area contributed by atoms with E-state index in [0.717, 1.165) is 6.08 Å². The Morgan fingerprint density at radius 1 is 1.75 bits per heavy atom. The SMILES string of the molecule is CC1=CC#CC(O)C=C1[N+](=O)[O-]. The number of nitrogens with zero attached hydrogens (tertiary/aromatic N) is 1. The number of aliphatic hydroxyl groups excluding tert-OH is 1. The van der Waals surface area contributed by atoms with Crippen LogP contribution in [0.25, 0.3) is 0 Å². The quantitative estimate of drug-likeness (QED) is 0.349. The summed E-state index contributed by atoms with van der Waals surface area (Å²) in [6, 6.07) is 0. The van der Waals surface area contributed by atoms with E-state index in [0.29, 0.717) is 5.57 Å². The summed E-state index contributed by atoms with van der Waals surface area (Å²) in [5.74, 6) is 4.92. The molecule has 0 heterocycles. The highest BCUT2D eigenvalue weighted by molar-refractivity contribution is 5.37. The fourth-order valence-electron chi connectivity index (χ4n) is 0.837. The van der Waals surface area contributed by atoms with Gasteiger partial charge in [-0.3, -0.25) is 10.1 Å². The highest BCUT2D eigenvalue weighted by Crippen LogP contribution is 2.12. The average molecular weight is 165 g/mol. The van der Waals surface area contributed by atoms with E-state index in [9.17, 15) is 10.1 Å². The Morgan fingerprint density at radius 3 is 3.00 bits per heavy atom. The molecule has 12 heavy (non-hydrogen) atoms. The molecule has 0 aliphatic heterocycles. The predicted octanol–water partition coefficient (Wildman–Crippen LogP) is 0.471. The van der Waals surface area contributed by atoms with E-state index in [1.807, 2.05) is 0 Å². The smallest absolute Gasteiger partial charge is 0.272 e. The van der Waals surface area contributed by atoms with Crippen LogP contribution in [0.5, 0.6) is 0 Å². The molecule has 0 aromatic rings. The second-order valence-corrected chi connectivity index (χ2v) is 2.37. The molecule has 0 fully saturated rings. The van der Waals surface area contributed by atoms with Crippen LogP contribution in [-0.4, -0.2) is 16.1 Å². The van der Waals surface area contributed by atoms with Crippen LogP contribution in [0, 0.1) is 22.0 Å². The Morgan fingerprint density at radius 2 is 2.42 bits per heavy atom. The summed E-state index contributed by atoms with van der Waals surface area (Å²) in [4.78, 5) is 9.85. The second-order valence-electron chi connectivity index (χ2n) is 2.37. The molecule has 0 saturated heterocycles. The number of hydrogen-bond donors (Lipinski definition) is 1. The van der Waals surface area contributed by atoms with Gasteiger partial charge in [-0.15, -0.1) is 0 Å². The molecule has 0 bridgehead atoms. The molecule has 0 aromatic heterocycles. The van der Waals surface area contributed by atoms with Crippen molar-refractivity contribution in [3.8, 4) is 11.8 Å². The molecule has 1 aliphatic carbocycles. The van der Waals surface area contributed by atoms with Crippen LogP contribution < -0.4 is 0 Å². The first-order chi connectivity index (χ1) is 5.61. The normalized spacial score (nSPS) is 21.3. The Hall–Kier alpha value is -1.60. The highest BCUT2D eigenvalue weighted by Gasteiger charge is 2.15. The van der Waals surface area contributed by atoms with Crippen molar-refractivity contribution in [3.63, 3.8) is 0 Å². The van der Waals surface area contributed by atoms with Crippen LogP contribution in [0.3, 0.4) is 0 Å². The van der Waals surface area contributed by atoms with Gasteiger partial charge in [-0.2, -0.15) is 0 Å². The number of hydrogen-bond acceptors (Lipinski definition) is 3. The van der Waals surface area contributed by atoms with Gasteiger partial charge in [0.15, 0.2) is 0 Å². The molecule has 62 valence electrons. The van der Waals surface area contributed by atoms with Crippen molar-refractivity contribution >= 4 is 0 Å². The molecule has 0 radical (unpaired) electrons. The zero-order valence-electron chi connectivity index (χ0n) is 6.44. The largest absolute Gasteiger partial charge is 0.376 e. The number of nitro groups is 1. The van der Waals surface area contributed by atoms with E-state index in [4.69, 9.17) is 5.11 Å². The van der Waals surface area contributed by atoms with E-state index >= 15 is 0 Å². The van der Waals surface area contributed by atoms with Crippen LogP contribution >= 0.6 is 0 Å². The van der Waals surface area contributed by atoms with Gasteiger partial charge >= 0.3 is 0 Å². The molecule has 0 spiro atoms. The topological polar surface area (TPSA) is 63.4 Å². The lowest BCUT2D eigenvalue weighted by Crippen LogP contribution is -2.05. The minimum Gasteiger partial charge on any atom is -0.376 e. The third-order valence-corrected chi connectivity index (χ3v) is 1.44. The van der Waals surface area contributed by atoms with E-state index in [1.54, 1.807) is 6.92 Å². The molecular weight excluding hydrogens is 158 g/mol. The maximum Gasteiger partial charge on any atom is 0.272 e. The molecule has 0 aromatic carbocycles. The standard InChI is InChI=1S/C8H7NO3/c1-6-3-2-4-7(10)5-8(6)9(11)12/h3,5,7,10H,1H3. The molecular formula is C8H7NO3. The zero-order valence-corrected chi connectivity index (χ0v) is 6.44. The molecule has 0 saturated carbocycles. The Bertz CT molecular complexity index is 330. The first-order valence-electron chi connectivity index (χ1n) is 3.33. The van der Waals surface area contributed by atoms with E-state index in [-0.39, 0.29) is 5.70 Å². The first kappa shape index (κ1) is 8.50. The van der Waals surface area contributed by atoms with Gasteiger partial charge in [0.1, 0.15) is 6.10 Å². The fourth-order valence-corrected chi connectivity index (χ4v) is 0.837. The van der Waals surface area contributed by atoms with E-state index in [2.05, 4.69) is 11.8 Å². The summed E-state index contributed by atoms with van der Waals surface area (Å²) >= 11 is 0. The van der Waals surface area contributed by atoms with Gasteiger partial charge in [-0.05, 0) is 13.0 Å². The van der Waals surface area contributed by atoms with E-state index in [1.165, 1.54) is 6.08 Å². The lowest BCUT2D eigenvalue weighted by molar-refractivity contribution is -0.421. The van der Waals surface area contributed by atoms with Gasteiger partial charge in [-0.1, -0.05) is 11.8 Å². The van der Waals surface area contributed by atoms with Crippen LogP contribution in [0.1, 0.15) is 6.92 Å². The minimum atomic E-state index is -1.04. The van der Waals surface area contributed by atoms with Crippen LogP contribution in [0.2, 0.25) is 0 Å². The summed E-state index contributed by atoms with van der Waals surface area (Å²) in [6.07, 6.45) is 1.51.